The van der Waals surface area contributed by atoms with Crippen molar-refractivity contribution in [2.45, 2.75) is 20.3 Å². The Morgan fingerprint density at radius 1 is 1.20 bits per heavy atom. The van der Waals surface area contributed by atoms with E-state index in [4.69, 9.17) is 0 Å². The van der Waals surface area contributed by atoms with Gasteiger partial charge < -0.3 is 7.05 Å². The third kappa shape index (κ3) is 25.2. The SMILES string of the molecule is CC(=O)CC(C)=O.[F][AlH][F]. The van der Waals surface area contributed by atoms with E-state index in [1.165, 1.54) is 13.8 Å². The Labute approximate surface area is 65.3 Å². The predicted molar refractivity (Wildman–Crippen MR) is 35.3 cm³/mol. The number of halogens is 2. The summed E-state index contributed by atoms with van der Waals surface area (Å²) in [5, 5.41) is 0. The Morgan fingerprint density at radius 3 is 1.40 bits per heavy atom. The summed E-state index contributed by atoms with van der Waals surface area (Å²) in [6, 6.07) is 0. The van der Waals surface area contributed by atoms with Crippen LogP contribution in [-0.4, -0.2) is 27.7 Å². The highest BCUT2D eigenvalue weighted by Gasteiger charge is 1.94. The molecule has 0 aliphatic rings. The first-order valence-electron chi connectivity index (χ1n) is 2.65. The van der Waals surface area contributed by atoms with Gasteiger partial charge in [-0.2, -0.15) is 0 Å². The van der Waals surface area contributed by atoms with Crippen molar-refractivity contribution in [3.63, 3.8) is 0 Å². The van der Waals surface area contributed by atoms with Crippen molar-refractivity contribution in [2.24, 2.45) is 0 Å². The van der Waals surface area contributed by atoms with Crippen molar-refractivity contribution in [2.75, 3.05) is 0 Å². The first-order chi connectivity index (χ1) is 4.54. The molecule has 10 heavy (non-hydrogen) atoms. The number of carbonyl (C=O) groups excluding carboxylic acids is 2. The molecule has 0 saturated heterocycles. The van der Waals surface area contributed by atoms with Gasteiger partial charge >= 0.3 is 16.1 Å². The summed E-state index contributed by atoms with van der Waals surface area (Å²) in [6.07, 6.45) is 0.0833. The van der Waals surface area contributed by atoms with E-state index in [0.29, 0.717) is 0 Å². The van der Waals surface area contributed by atoms with Gasteiger partial charge in [0.25, 0.3) is 0 Å². The number of hydrogen-bond acceptors (Lipinski definition) is 2. The fourth-order valence-corrected chi connectivity index (χ4v) is 0.351. The Kier molecular flexibility index (Phi) is 10.8. The van der Waals surface area contributed by atoms with E-state index in [9.17, 15) is 16.6 Å². The standard InChI is InChI=1S/C5H8O2.Al.2FH.H/c1-4(6)3-5(2)7;;;;/h3H2,1-2H3;;2*1H;/q;+2;;;/p-2. The maximum atomic E-state index is 10.0. The van der Waals surface area contributed by atoms with Crippen LogP contribution < -0.4 is 0 Å². The number of hydrogen-bond donors (Lipinski definition) is 0. The van der Waals surface area contributed by atoms with Crippen LogP contribution in [0.25, 0.3) is 0 Å². The highest BCUT2D eigenvalue weighted by Crippen LogP contribution is 1.80. The summed E-state index contributed by atoms with van der Waals surface area (Å²) in [4.78, 5) is 20.1. The van der Waals surface area contributed by atoms with Crippen molar-refractivity contribution in [1.29, 1.82) is 0 Å². The van der Waals surface area contributed by atoms with Gasteiger partial charge in [0.2, 0.25) is 0 Å². The molecule has 0 unspecified atom stereocenters. The lowest BCUT2D eigenvalue weighted by atomic mass is 10.2. The molecular formula is C5H9AlF2O2. The Balaban J connectivity index is 0. The average Bonchev–Trinajstić information content (AvgIpc) is 1.62. The number of ketones is 2. The van der Waals surface area contributed by atoms with Crippen LogP contribution in [0.2, 0.25) is 0 Å². The third-order valence-corrected chi connectivity index (χ3v) is 0.498. The van der Waals surface area contributed by atoms with Crippen molar-refractivity contribution >= 4 is 27.7 Å². The molecule has 0 aromatic heterocycles. The summed E-state index contributed by atoms with van der Waals surface area (Å²) in [5.74, 6) is -0.125. The zero-order valence-corrected chi connectivity index (χ0v) is 7.40. The van der Waals surface area contributed by atoms with Crippen molar-refractivity contribution in [3.05, 3.63) is 0 Å². The lowest BCUT2D eigenvalue weighted by Crippen LogP contribution is -1.97. The molecule has 0 aliphatic heterocycles. The molecule has 0 amide bonds. The van der Waals surface area contributed by atoms with Crippen molar-refractivity contribution in [1.82, 2.24) is 0 Å². The summed E-state index contributed by atoms with van der Waals surface area (Å²) < 4.78 is 19.5. The molecule has 0 aromatic rings. The second kappa shape index (κ2) is 8.73. The minimum absolute atomic E-state index is 0.0625. The second-order valence-corrected chi connectivity index (χ2v) is 1.88. The maximum Gasteiger partial charge on any atom is 0.732 e. The topological polar surface area (TPSA) is 34.1 Å². The van der Waals surface area contributed by atoms with Crippen LogP contribution in [-0.2, 0) is 9.59 Å². The van der Waals surface area contributed by atoms with Gasteiger partial charge in [-0.25, -0.2) is 0 Å². The van der Waals surface area contributed by atoms with Gasteiger partial charge in [0, 0.05) is 0 Å². The Hall–Kier alpha value is -0.268. The minimum Gasteiger partial charge on any atom is -0.377 e. The van der Waals surface area contributed by atoms with Gasteiger partial charge in [-0.1, -0.05) is 0 Å². The van der Waals surface area contributed by atoms with E-state index in [0.717, 1.165) is 0 Å². The molecule has 0 rings (SSSR count). The first kappa shape index (κ1) is 12.4. The number of carbonyl (C=O) groups is 2. The molecule has 0 saturated carbocycles. The van der Waals surface area contributed by atoms with E-state index in [-0.39, 0.29) is 18.0 Å². The molecule has 5 heteroatoms. The summed E-state index contributed by atoms with van der Waals surface area (Å²) in [5.41, 5.74) is 0. The molecule has 0 fully saturated rings. The van der Waals surface area contributed by atoms with Crippen molar-refractivity contribution in [3.8, 4) is 0 Å². The van der Waals surface area contributed by atoms with Gasteiger partial charge in [-0.15, -0.1) is 0 Å². The van der Waals surface area contributed by atoms with Gasteiger partial charge in [0.15, 0.2) is 0 Å². The smallest absolute Gasteiger partial charge is 0.377 e. The molecule has 2 nitrogen and oxygen atoms in total. The second-order valence-electron chi connectivity index (χ2n) is 1.68. The minimum atomic E-state index is -2.58. The zero-order chi connectivity index (χ0) is 8.57. The largest absolute Gasteiger partial charge is 0.732 e. The number of rotatable bonds is 2. The number of Topliss-reactive ketones (excluding diaryl/α,β-unsaturated/α-hetero) is 2. The molecule has 0 aliphatic carbocycles. The zero-order valence-electron chi connectivity index (χ0n) is 5.99. The predicted octanol–water partition coefficient (Wildman–Crippen LogP) is 0.746. The molecular weight excluding hydrogens is 157 g/mol. The molecule has 0 N–H and O–H groups in total. The van der Waals surface area contributed by atoms with Gasteiger partial charge in [-0.3, -0.25) is 9.59 Å². The average molecular weight is 166 g/mol. The quantitative estimate of drug-likeness (QED) is 0.448. The van der Waals surface area contributed by atoms with Crippen LogP contribution in [0.4, 0.5) is 7.05 Å². The van der Waals surface area contributed by atoms with E-state index in [2.05, 4.69) is 0 Å². The maximum absolute atomic E-state index is 10.0. The van der Waals surface area contributed by atoms with Gasteiger partial charge in [0.05, 0.1) is 6.42 Å². The van der Waals surface area contributed by atoms with Crippen molar-refractivity contribution < 1.29 is 16.6 Å². The summed E-state index contributed by atoms with van der Waals surface area (Å²) >= 11 is -2.58. The molecule has 0 atom stereocenters. The lowest BCUT2D eigenvalue weighted by Gasteiger charge is -1.81. The van der Waals surface area contributed by atoms with Gasteiger partial charge in [0.1, 0.15) is 11.6 Å². The van der Waals surface area contributed by atoms with Crippen LogP contribution in [0.3, 0.4) is 0 Å². The van der Waals surface area contributed by atoms with E-state index >= 15 is 0 Å². The van der Waals surface area contributed by atoms with Gasteiger partial charge in [-0.05, 0) is 13.8 Å². The summed E-state index contributed by atoms with van der Waals surface area (Å²) in [7, 11) is 0. The normalized spacial score (nSPS) is 7.20. The third-order valence-electron chi connectivity index (χ3n) is 0.498. The van der Waals surface area contributed by atoms with Crippen LogP contribution in [0.15, 0.2) is 0 Å². The lowest BCUT2D eigenvalue weighted by molar-refractivity contribution is -0.124. The Bertz CT molecular complexity index is 104. The highest BCUT2D eigenvalue weighted by molar-refractivity contribution is 6.15. The van der Waals surface area contributed by atoms with Crippen LogP contribution >= 0.6 is 0 Å². The molecule has 0 spiro atoms. The highest BCUT2D eigenvalue weighted by atomic mass is 27.2. The van der Waals surface area contributed by atoms with Crippen LogP contribution in [0.1, 0.15) is 20.3 Å². The van der Waals surface area contributed by atoms with Crippen LogP contribution in [0, 0.1) is 0 Å². The molecule has 0 radical (unpaired) electrons. The fourth-order valence-electron chi connectivity index (χ4n) is 0.351. The van der Waals surface area contributed by atoms with E-state index < -0.39 is 16.1 Å². The summed E-state index contributed by atoms with van der Waals surface area (Å²) in [6.45, 7) is 2.81. The van der Waals surface area contributed by atoms with E-state index in [1.54, 1.807) is 0 Å². The fraction of sp³-hybridized carbons (Fsp3) is 0.600. The monoisotopic (exact) mass is 166 g/mol. The van der Waals surface area contributed by atoms with E-state index in [1.807, 2.05) is 0 Å². The first-order valence-corrected chi connectivity index (χ1v) is 3.72. The van der Waals surface area contributed by atoms with Crippen LogP contribution in [0.5, 0.6) is 0 Å². The molecule has 0 heterocycles. The molecule has 58 valence electrons. The molecule has 0 aromatic carbocycles. The molecule has 0 bridgehead atoms. The Morgan fingerprint density at radius 2 is 1.40 bits per heavy atom.